The largest absolute Gasteiger partial charge is 0.512 e. The monoisotopic (exact) mass is 142 g/mol. The van der Waals surface area contributed by atoms with E-state index in [9.17, 15) is 4.79 Å². The number of esters is 1. The first-order valence-corrected chi connectivity index (χ1v) is 2.78. The van der Waals surface area contributed by atoms with Crippen LogP contribution in [0.15, 0.2) is 24.2 Å². The van der Waals surface area contributed by atoms with Gasteiger partial charge in [0.05, 0.1) is 17.6 Å². The fourth-order valence-corrected chi connectivity index (χ4v) is 0.312. The van der Waals surface area contributed by atoms with E-state index in [1.54, 1.807) is 0 Å². The molecule has 0 aliphatic rings. The van der Waals surface area contributed by atoms with Crippen LogP contribution in [0.5, 0.6) is 0 Å². The van der Waals surface area contributed by atoms with E-state index < -0.39 is 5.97 Å². The van der Waals surface area contributed by atoms with Crippen molar-refractivity contribution in [1.29, 1.82) is 0 Å². The van der Waals surface area contributed by atoms with Crippen molar-refractivity contribution in [2.75, 3.05) is 0 Å². The molecule has 3 nitrogen and oxygen atoms in total. The third-order valence-electron chi connectivity index (χ3n) is 1.04. The van der Waals surface area contributed by atoms with E-state index in [0.717, 1.165) is 6.26 Å². The van der Waals surface area contributed by atoms with E-state index in [2.05, 4.69) is 11.3 Å². The number of aliphatic hydroxyl groups excluding tert-OH is 1. The molecule has 0 saturated carbocycles. The van der Waals surface area contributed by atoms with Gasteiger partial charge < -0.3 is 9.84 Å². The van der Waals surface area contributed by atoms with Crippen molar-refractivity contribution < 1.29 is 14.6 Å². The average Bonchev–Trinajstić information content (AvgIpc) is 1.87. The fraction of sp³-hybridized carbons (Fsp3) is 0.286. The molecule has 0 amide bonds. The number of hydrogen-bond acceptors (Lipinski definition) is 3. The van der Waals surface area contributed by atoms with Crippen molar-refractivity contribution in [2.24, 2.45) is 0 Å². The number of hydrogen-bond donors (Lipinski definition) is 1. The van der Waals surface area contributed by atoms with Gasteiger partial charge in [-0.25, -0.2) is 4.79 Å². The molecule has 0 aromatic heterocycles. The van der Waals surface area contributed by atoms with Gasteiger partial charge in [-0.2, -0.15) is 0 Å². The summed E-state index contributed by atoms with van der Waals surface area (Å²) < 4.78 is 4.37. The predicted octanol–water partition coefficient (Wildman–Crippen LogP) is 1.52. The molecule has 10 heavy (non-hydrogen) atoms. The molecule has 0 bridgehead atoms. The van der Waals surface area contributed by atoms with Gasteiger partial charge in [0, 0.05) is 0 Å². The molecule has 0 aromatic rings. The molecule has 0 rings (SSSR count). The van der Waals surface area contributed by atoms with Crippen LogP contribution in [0.25, 0.3) is 0 Å². The number of allylic oxidation sites excluding steroid dienone is 1. The van der Waals surface area contributed by atoms with Crippen LogP contribution in [0.2, 0.25) is 0 Å². The Labute approximate surface area is 59.6 Å². The topological polar surface area (TPSA) is 46.5 Å². The standard InChI is InChI=1S/C7H10O3/c1-4-10-7(9)5(2)6(3)8/h4,8H,1H2,2-3H3/b6-5+. The molecule has 0 fully saturated rings. The highest BCUT2D eigenvalue weighted by Crippen LogP contribution is 2.01. The first-order valence-electron chi connectivity index (χ1n) is 2.78. The van der Waals surface area contributed by atoms with Gasteiger partial charge >= 0.3 is 5.97 Å². The van der Waals surface area contributed by atoms with Crippen molar-refractivity contribution in [2.45, 2.75) is 13.8 Å². The highest BCUT2D eigenvalue weighted by atomic mass is 16.5. The van der Waals surface area contributed by atoms with Crippen molar-refractivity contribution in [3.63, 3.8) is 0 Å². The van der Waals surface area contributed by atoms with Crippen molar-refractivity contribution in [1.82, 2.24) is 0 Å². The summed E-state index contributed by atoms with van der Waals surface area (Å²) in [6, 6.07) is 0. The lowest BCUT2D eigenvalue weighted by molar-refractivity contribution is -0.133. The Kier molecular flexibility index (Phi) is 3.25. The first-order chi connectivity index (χ1) is 4.59. The van der Waals surface area contributed by atoms with Crippen LogP contribution < -0.4 is 0 Å². The number of carbonyl (C=O) groups is 1. The van der Waals surface area contributed by atoms with E-state index in [0.29, 0.717) is 0 Å². The van der Waals surface area contributed by atoms with Gasteiger partial charge in [0.2, 0.25) is 0 Å². The minimum absolute atomic E-state index is 0.0353. The molecule has 0 spiro atoms. The Morgan fingerprint density at radius 3 is 2.40 bits per heavy atom. The molecular formula is C7H10O3. The summed E-state index contributed by atoms with van der Waals surface area (Å²) in [5.41, 5.74) is 0.194. The van der Waals surface area contributed by atoms with Gasteiger partial charge in [-0.15, -0.1) is 0 Å². The number of rotatable bonds is 2. The lowest BCUT2D eigenvalue weighted by Crippen LogP contribution is -2.02. The second-order valence-electron chi connectivity index (χ2n) is 1.78. The van der Waals surface area contributed by atoms with Crippen LogP contribution in [-0.2, 0) is 9.53 Å². The number of carbonyl (C=O) groups excluding carboxylic acids is 1. The quantitative estimate of drug-likeness (QED) is 0.361. The molecule has 0 aliphatic carbocycles. The summed E-state index contributed by atoms with van der Waals surface area (Å²) in [5, 5.41) is 8.76. The van der Waals surface area contributed by atoms with E-state index >= 15 is 0 Å². The molecular weight excluding hydrogens is 132 g/mol. The SMILES string of the molecule is C=COC(=O)/C(C)=C(\C)O. The van der Waals surface area contributed by atoms with Crippen LogP contribution >= 0.6 is 0 Å². The smallest absolute Gasteiger partial charge is 0.341 e. The van der Waals surface area contributed by atoms with Crippen molar-refractivity contribution >= 4 is 5.97 Å². The molecule has 0 aliphatic heterocycles. The molecule has 0 saturated heterocycles. The van der Waals surface area contributed by atoms with Gasteiger partial charge in [-0.05, 0) is 13.8 Å². The second-order valence-corrected chi connectivity index (χ2v) is 1.78. The molecule has 0 atom stereocenters. The third-order valence-corrected chi connectivity index (χ3v) is 1.04. The van der Waals surface area contributed by atoms with E-state index in [1.165, 1.54) is 13.8 Å². The van der Waals surface area contributed by atoms with Gasteiger partial charge in [0.25, 0.3) is 0 Å². The summed E-state index contributed by atoms with van der Waals surface area (Å²) >= 11 is 0. The maximum Gasteiger partial charge on any atom is 0.341 e. The Balaban J connectivity index is 4.22. The minimum Gasteiger partial charge on any atom is -0.512 e. The lowest BCUT2D eigenvalue weighted by Gasteiger charge is -1.98. The maximum atomic E-state index is 10.7. The summed E-state index contributed by atoms with van der Waals surface area (Å²) in [6.07, 6.45) is 1.02. The molecule has 0 heterocycles. The van der Waals surface area contributed by atoms with Crippen molar-refractivity contribution in [3.05, 3.63) is 24.2 Å². The van der Waals surface area contributed by atoms with E-state index in [1.807, 2.05) is 0 Å². The minimum atomic E-state index is -0.574. The Bertz CT molecular complexity index is 175. The molecule has 0 unspecified atom stereocenters. The van der Waals surface area contributed by atoms with Gasteiger partial charge in [-0.1, -0.05) is 6.58 Å². The maximum absolute atomic E-state index is 10.7. The van der Waals surface area contributed by atoms with Crippen LogP contribution in [-0.4, -0.2) is 11.1 Å². The van der Waals surface area contributed by atoms with Crippen molar-refractivity contribution in [3.8, 4) is 0 Å². The molecule has 0 aromatic carbocycles. The zero-order valence-electron chi connectivity index (χ0n) is 6.05. The molecule has 1 N–H and O–H groups in total. The Hall–Kier alpha value is -1.25. The van der Waals surface area contributed by atoms with Gasteiger partial charge in [0.15, 0.2) is 0 Å². The molecule has 56 valence electrons. The fourth-order valence-electron chi connectivity index (χ4n) is 0.312. The predicted molar refractivity (Wildman–Crippen MR) is 37.3 cm³/mol. The molecule has 3 heteroatoms. The van der Waals surface area contributed by atoms with Gasteiger partial charge in [-0.3, -0.25) is 0 Å². The van der Waals surface area contributed by atoms with E-state index in [4.69, 9.17) is 5.11 Å². The van der Waals surface area contributed by atoms with Gasteiger partial charge in [0.1, 0.15) is 0 Å². The zero-order valence-corrected chi connectivity index (χ0v) is 6.05. The first kappa shape index (κ1) is 8.75. The highest BCUT2D eigenvalue weighted by molar-refractivity contribution is 5.88. The summed E-state index contributed by atoms with van der Waals surface area (Å²) in [7, 11) is 0. The number of ether oxygens (including phenoxy) is 1. The van der Waals surface area contributed by atoms with Crippen LogP contribution in [0.3, 0.4) is 0 Å². The zero-order chi connectivity index (χ0) is 8.15. The van der Waals surface area contributed by atoms with E-state index in [-0.39, 0.29) is 11.3 Å². The number of aliphatic hydroxyl groups is 1. The second kappa shape index (κ2) is 3.71. The highest BCUT2D eigenvalue weighted by Gasteiger charge is 2.06. The summed E-state index contributed by atoms with van der Waals surface area (Å²) in [5.74, 6) is -0.609. The van der Waals surface area contributed by atoms with Crippen LogP contribution in [0, 0.1) is 0 Å². The van der Waals surface area contributed by atoms with Crippen LogP contribution in [0.4, 0.5) is 0 Å². The normalized spacial score (nSPS) is 11.8. The summed E-state index contributed by atoms with van der Waals surface area (Å²) in [4.78, 5) is 10.7. The Morgan fingerprint density at radius 2 is 2.10 bits per heavy atom. The van der Waals surface area contributed by atoms with Crippen LogP contribution in [0.1, 0.15) is 13.8 Å². The molecule has 0 radical (unpaired) electrons. The Morgan fingerprint density at radius 1 is 1.60 bits per heavy atom. The third kappa shape index (κ3) is 2.35. The average molecular weight is 142 g/mol. The lowest BCUT2D eigenvalue weighted by atomic mass is 10.3. The summed E-state index contributed by atoms with van der Waals surface area (Å²) in [6.45, 7) is 6.08.